The Kier molecular flexibility index (Phi) is 6.92. The third kappa shape index (κ3) is 4.16. The molecule has 0 saturated carbocycles. The fourth-order valence-electron chi connectivity index (χ4n) is 0.629. The van der Waals surface area contributed by atoms with Gasteiger partial charge in [-0.05, 0) is 6.42 Å². The van der Waals surface area contributed by atoms with Crippen molar-refractivity contribution < 1.29 is 65.2 Å². The van der Waals surface area contributed by atoms with Gasteiger partial charge in [-0.3, -0.25) is 0 Å². The Bertz CT molecular complexity index is 291. The molecule has 0 spiro atoms. The van der Waals surface area contributed by atoms with Gasteiger partial charge < -0.3 is 9.66 Å². The molecule has 0 aliphatic heterocycles. The molecule has 0 unspecified atom stereocenters. The molecule has 0 aliphatic carbocycles. The van der Waals surface area contributed by atoms with Gasteiger partial charge in [0.25, 0.3) is 0 Å². The van der Waals surface area contributed by atoms with Crippen molar-refractivity contribution in [3.8, 4) is 0 Å². The summed E-state index contributed by atoms with van der Waals surface area (Å²) < 4.78 is 78.9. The van der Waals surface area contributed by atoms with E-state index in [-0.39, 0.29) is 29.6 Å². The zero-order valence-corrected chi connectivity index (χ0v) is 10.5. The summed E-state index contributed by atoms with van der Waals surface area (Å²) in [5.41, 5.74) is 0. The maximum Gasteiger partial charge on any atom is 1.00 e. The van der Waals surface area contributed by atoms with Gasteiger partial charge in [-0.2, -0.15) is 17.6 Å². The quantitative estimate of drug-likeness (QED) is 0.338. The van der Waals surface area contributed by atoms with Crippen molar-refractivity contribution >= 4 is 10.1 Å². The average molecular weight is 262 g/mol. The van der Waals surface area contributed by atoms with Gasteiger partial charge in [0.2, 0.25) is 0 Å². The first kappa shape index (κ1) is 18.0. The van der Waals surface area contributed by atoms with Crippen molar-refractivity contribution in [2.75, 3.05) is 6.61 Å². The molecule has 0 saturated heterocycles. The van der Waals surface area contributed by atoms with Crippen LogP contribution in [0.2, 0.25) is 0 Å². The smallest absolute Gasteiger partial charge is 0.743 e. The minimum atomic E-state index is -6.41. The van der Waals surface area contributed by atoms with Crippen molar-refractivity contribution in [1.29, 1.82) is 0 Å². The zero-order chi connectivity index (χ0) is 11.6. The van der Waals surface area contributed by atoms with Crippen LogP contribution < -0.4 is 29.6 Å². The Morgan fingerprint density at radius 3 is 1.87 bits per heavy atom. The largest absolute Gasteiger partial charge is 1.00 e. The number of halogens is 4. The SMILES string of the molecule is O=S(=O)([O-])C(F)(F)C(F)(F)CCCO.[Na+]. The molecular formula is C5H7F4NaO4S. The molecule has 15 heavy (non-hydrogen) atoms. The summed E-state index contributed by atoms with van der Waals surface area (Å²) in [5, 5.41) is 2.45. The first-order valence-corrected chi connectivity index (χ1v) is 4.79. The van der Waals surface area contributed by atoms with Crippen LogP contribution in [0, 0.1) is 0 Å². The fraction of sp³-hybridized carbons (Fsp3) is 1.00. The molecule has 0 heterocycles. The predicted octanol–water partition coefficient (Wildman–Crippen LogP) is -2.46. The van der Waals surface area contributed by atoms with Gasteiger partial charge in [0.1, 0.15) is 0 Å². The third-order valence-corrected chi connectivity index (χ3v) is 2.32. The van der Waals surface area contributed by atoms with Gasteiger partial charge in [0, 0.05) is 13.0 Å². The second kappa shape index (κ2) is 5.78. The van der Waals surface area contributed by atoms with E-state index in [0.717, 1.165) is 0 Å². The standard InChI is InChI=1S/C5H8F4O4S.Na/c6-4(7,2-1-3-10)5(8,9)14(11,12)13;/h10H,1-3H2,(H,11,12,13);/q;+1/p-1. The molecule has 0 aromatic heterocycles. The van der Waals surface area contributed by atoms with Crippen molar-refractivity contribution in [2.45, 2.75) is 24.0 Å². The van der Waals surface area contributed by atoms with Crippen molar-refractivity contribution in [2.24, 2.45) is 0 Å². The molecule has 0 aliphatic rings. The average Bonchev–Trinajstić information content (AvgIpc) is 1.98. The monoisotopic (exact) mass is 262 g/mol. The van der Waals surface area contributed by atoms with Gasteiger partial charge in [0.15, 0.2) is 10.1 Å². The molecule has 0 aromatic rings. The summed E-state index contributed by atoms with van der Waals surface area (Å²) in [4.78, 5) is 0. The van der Waals surface area contributed by atoms with E-state index in [0.29, 0.717) is 0 Å². The van der Waals surface area contributed by atoms with E-state index in [1.54, 1.807) is 0 Å². The maximum absolute atomic E-state index is 12.4. The Morgan fingerprint density at radius 2 is 1.60 bits per heavy atom. The first-order valence-electron chi connectivity index (χ1n) is 3.38. The summed E-state index contributed by atoms with van der Waals surface area (Å²) in [5.74, 6) is -4.96. The molecule has 0 atom stereocenters. The molecule has 4 nitrogen and oxygen atoms in total. The van der Waals surface area contributed by atoms with E-state index in [1.165, 1.54) is 0 Å². The Hall–Kier alpha value is 0.590. The van der Waals surface area contributed by atoms with Crippen LogP contribution in [-0.4, -0.2) is 35.9 Å². The maximum atomic E-state index is 12.4. The second-order valence-corrected chi connectivity index (χ2v) is 3.92. The third-order valence-electron chi connectivity index (χ3n) is 1.39. The van der Waals surface area contributed by atoms with Crippen LogP contribution >= 0.6 is 0 Å². The van der Waals surface area contributed by atoms with E-state index in [1.807, 2.05) is 0 Å². The minimum absolute atomic E-state index is 0. The topological polar surface area (TPSA) is 77.4 Å². The molecule has 0 fully saturated rings. The van der Waals surface area contributed by atoms with Crippen LogP contribution in [0.15, 0.2) is 0 Å². The summed E-state index contributed by atoms with van der Waals surface area (Å²) in [6.07, 6.45) is -2.30. The molecule has 1 N–H and O–H groups in total. The number of alkyl halides is 4. The minimum Gasteiger partial charge on any atom is -0.743 e. The van der Waals surface area contributed by atoms with E-state index < -0.39 is 40.7 Å². The van der Waals surface area contributed by atoms with Crippen LogP contribution in [0.3, 0.4) is 0 Å². The number of aliphatic hydroxyl groups is 1. The van der Waals surface area contributed by atoms with E-state index in [9.17, 15) is 30.5 Å². The molecule has 0 radical (unpaired) electrons. The van der Waals surface area contributed by atoms with Crippen LogP contribution in [0.1, 0.15) is 12.8 Å². The van der Waals surface area contributed by atoms with Gasteiger partial charge in [-0.25, -0.2) is 8.42 Å². The molecular weight excluding hydrogens is 255 g/mol. The van der Waals surface area contributed by atoms with Gasteiger partial charge >= 0.3 is 40.7 Å². The number of hydrogen-bond acceptors (Lipinski definition) is 4. The zero-order valence-electron chi connectivity index (χ0n) is 7.71. The van der Waals surface area contributed by atoms with E-state index >= 15 is 0 Å². The second-order valence-electron chi connectivity index (χ2n) is 2.50. The van der Waals surface area contributed by atoms with E-state index in [2.05, 4.69) is 0 Å². The number of rotatable bonds is 5. The van der Waals surface area contributed by atoms with Crippen molar-refractivity contribution in [1.82, 2.24) is 0 Å². The molecule has 0 aromatic carbocycles. The first-order chi connectivity index (χ1) is 6.06. The predicted molar refractivity (Wildman–Crippen MR) is 35.9 cm³/mol. The number of aliphatic hydroxyl groups excluding tert-OH is 1. The molecule has 10 heteroatoms. The van der Waals surface area contributed by atoms with Crippen molar-refractivity contribution in [3.05, 3.63) is 0 Å². The fourth-order valence-corrected chi connectivity index (χ4v) is 1.10. The number of hydrogen-bond donors (Lipinski definition) is 1. The van der Waals surface area contributed by atoms with Crippen LogP contribution in [0.4, 0.5) is 17.6 Å². The summed E-state index contributed by atoms with van der Waals surface area (Å²) in [6.45, 7) is -0.801. The molecule has 0 bridgehead atoms. The van der Waals surface area contributed by atoms with Crippen LogP contribution in [-0.2, 0) is 10.1 Å². The van der Waals surface area contributed by atoms with Gasteiger partial charge in [-0.1, -0.05) is 0 Å². The Balaban J connectivity index is 0. The Morgan fingerprint density at radius 1 is 1.20 bits per heavy atom. The van der Waals surface area contributed by atoms with E-state index in [4.69, 9.17) is 5.11 Å². The Labute approximate surface area is 106 Å². The molecule has 86 valence electrons. The van der Waals surface area contributed by atoms with Crippen LogP contribution in [0.25, 0.3) is 0 Å². The molecule has 0 rings (SSSR count). The molecule has 0 amide bonds. The van der Waals surface area contributed by atoms with Gasteiger partial charge in [0.05, 0.1) is 0 Å². The van der Waals surface area contributed by atoms with Gasteiger partial charge in [-0.15, -0.1) is 0 Å². The van der Waals surface area contributed by atoms with Crippen molar-refractivity contribution in [3.63, 3.8) is 0 Å². The van der Waals surface area contributed by atoms with Crippen LogP contribution in [0.5, 0.6) is 0 Å². The normalized spacial score (nSPS) is 13.5. The summed E-state index contributed by atoms with van der Waals surface area (Å²) >= 11 is 0. The summed E-state index contributed by atoms with van der Waals surface area (Å²) in [7, 11) is -6.41. The summed E-state index contributed by atoms with van der Waals surface area (Å²) in [6, 6.07) is 0.